The van der Waals surface area contributed by atoms with Crippen molar-refractivity contribution in [1.29, 1.82) is 0 Å². The van der Waals surface area contributed by atoms with Gasteiger partial charge in [-0.2, -0.15) is 5.10 Å². The van der Waals surface area contributed by atoms with Crippen molar-refractivity contribution in [2.75, 3.05) is 12.8 Å². The molecule has 1 heterocycles. The average Bonchev–Trinajstić information content (AvgIpc) is 2.79. The fourth-order valence-electron chi connectivity index (χ4n) is 3.22. The van der Waals surface area contributed by atoms with Crippen molar-refractivity contribution >= 4 is 5.82 Å². The Kier molecular flexibility index (Phi) is 3.16. The fraction of sp³-hybridized carbons (Fsp3) is 0.438. The summed E-state index contributed by atoms with van der Waals surface area (Å²) < 4.78 is 7.33. The molecule has 106 valence electrons. The Morgan fingerprint density at radius 2 is 1.95 bits per heavy atom. The third-order valence-electron chi connectivity index (χ3n) is 4.31. The summed E-state index contributed by atoms with van der Waals surface area (Å²) in [6.07, 6.45) is 6.58. The number of nitrogen functional groups attached to an aromatic ring is 1. The number of hydrogen-bond donors (Lipinski definition) is 1. The average molecular weight is 271 g/mol. The number of methoxy groups -OCH3 is 1. The van der Waals surface area contributed by atoms with E-state index in [1.165, 1.54) is 29.5 Å². The molecule has 20 heavy (non-hydrogen) atoms. The van der Waals surface area contributed by atoms with Crippen molar-refractivity contribution in [2.45, 2.75) is 32.6 Å². The number of anilines is 1. The van der Waals surface area contributed by atoms with Gasteiger partial charge in [0.15, 0.2) is 0 Å². The van der Waals surface area contributed by atoms with E-state index in [4.69, 9.17) is 10.5 Å². The van der Waals surface area contributed by atoms with Gasteiger partial charge in [0, 0.05) is 18.2 Å². The molecule has 1 aliphatic rings. The molecule has 4 heteroatoms. The number of fused-ring (bicyclic) bond motifs is 1. The number of nitrogens with two attached hydrogens (primary N) is 1. The number of ether oxygens (including phenoxy) is 1. The summed E-state index contributed by atoms with van der Waals surface area (Å²) >= 11 is 0. The summed E-state index contributed by atoms with van der Waals surface area (Å²) in [5.41, 5.74) is 12.5. The highest BCUT2D eigenvalue weighted by Crippen LogP contribution is 2.42. The topological polar surface area (TPSA) is 53.1 Å². The first kappa shape index (κ1) is 13.0. The van der Waals surface area contributed by atoms with E-state index in [2.05, 4.69) is 18.1 Å². The summed E-state index contributed by atoms with van der Waals surface area (Å²) in [6, 6.07) is 2.13. The largest absolute Gasteiger partial charge is 0.496 e. The van der Waals surface area contributed by atoms with Crippen molar-refractivity contribution in [2.24, 2.45) is 7.05 Å². The monoisotopic (exact) mass is 271 g/mol. The summed E-state index contributed by atoms with van der Waals surface area (Å²) in [5, 5.41) is 4.28. The Bertz CT molecular complexity index is 658. The van der Waals surface area contributed by atoms with Gasteiger partial charge in [0.05, 0.1) is 13.3 Å². The van der Waals surface area contributed by atoms with Crippen LogP contribution in [0.3, 0.4) is 0 Å². The van der Waals surface area contributed by atoms with E-state index >= 15 is 0 Å². The molecule has 1 aliphatic carbocycles. The van der Waals surface area contributed by atoms with Crippen LogP contribution in [-0.2, 0) is 19.9 Å². The third kappa shape index (κ3) is 1.87. The van der Waals surface area contributed by atoms with Crippen LogP contribution >= 0.6 is 0 Å². The maximum atomic E-state index is 6.17. The standard InChI is InChI=1S/C16H21N3O/c1-10-8-14(20-3)15(12-7-5-4-6-11(10)12)13-9-18-19(2)16(13)17/h8-9H,4-7,17H2,1-3H3. The Morgan fingerprint density at radius 3 is 2.55 bits per heavy atom. The van der Waals surface area contributed by atoms with E-state index in [0.717, 1.165) is 29.7 Å². The highest BCUT2D eigenvalue weighted by Gasteiger charge is 2.23. The van der Waals surface area contributed by atoms with E-state index in [-0.39, 0.29) is 0 Å². The lowest BCUT2D eigenvalue weighted by molar-refractivity contribution is 0.415. The van der Waals surface area contributed by atoms with Crippen LogP contribution < -0.4 is 10.5 Å². The first-order chi connectivity index (χ1) is 9.63. The molecule has 0 radical (unpaired) electrons. The quantitative estimate of drug-likeness (QED) is 0.913. The van der Waals surface area contributed by atoms with Crippen molar-refractivity contribution in [1.82, 2.24) is 9.78 Å². The van der Waals surface area contributed by atoms with Crippen LogP contribution in [0.1, 0.15) is 29.5 Å². The summed E-state index contributed by atoms with van der Waals surface area (Å²) in [7, 11) is 3.59. The lowest BCUT2D eigenvalue weighted by Gasteiger charge is -2.23. The smallest absolute Gasteiger partial charge is 0.129 e. The molecule has 0 spiro atoms. The van der Waals surface area contributed by atoms with E-state index in [1.54, 1.807) is 11.8 Å². The second-order valence-corrected chi connectivity index (χ2v) is 5.50. The second-order valence-electron chi connectivity index (χ2n) is 5.50. The molecule has 0 aliphatic heterocycles. The zero-order chi connectivity index (χ0) is 14.3. The summed E-state index contributed by atoms with van der Waals surface area (Å²) in [5.74, 6) is 1.60. The Hall–Kier alpha value is -1.97. The van der Waals surface area contributed by atoms with E-state index < -0.39 is 0 Å². The van der Waals surface area contributed by atoms with Gasteiger partial charge in [-0.1, -0.05) is 0 Å². The molecule has 1 aromatic carbocycles. The molecule has 1 aromatic heterocycles. The molecule has 0 saturated carbocycles. The van der Waals surface area contributed by atoms with Crippen LogP contribution in [0.25, 0.3) is 11.1 Å². The highest BCUT2D eigenvalue weighted by atomic mass is 16.5. The van der Waals surface area contributed by atoms with Gasteiger partial charge >= 0.3 is 0 Å². The van der Waals surface area contributed by atoms with Crippen molar-refractivity contribution in [3.05, 3.63) is 29.0 Å². The van der Waals surface area contributed by atoms with E-state index in [9.17, 15) is 0 Å². The van der Waals surface area contributed by atoms with Crippen LogP contribution in [0.5, 0.6) is 5.75 Å². The van der Waals surface area contributed by atoms with Crippen LogP contribution in [0.4, 0.5) is 5.82 Å². The van der Waals surface area contributed by atoms with Gasteiger partial charge in [-0.25, -0.2) is 0 Å². The van der Waals surface area contributed by atoms with Gasteiger partial charge in [-0.15, -0.1) is 0 Å². The Morgan fingerprint density at radius 1 is 1.25 bits per heavy atom. The zero-order valence-corrected chi connectivity index (χ0v) is 12.4. The predicted octanol–water partition coefficient (Wildman–Crippen LogP) is 2.87. The van der Waals surface area contributed by atoms with E-state index in [0.29, 0.717) is 5.82 Å². The molecule has 3 rings (SSSR count). The van der Waals surface area contributed by atoms with Crippen LogP contribution in [0, 0.1) is 6.92 Å². The van der Waals surface area contributed by atoms with Crippen LogP contribution in [-0.4, -0.2) is 16.9 Å². The van der Waals surface area contributed by atoms with Crippen LogP contribution in [0.15, 0.2) is 12.3 Å². The minimum atomic E-state index is 0.694. The number of rotatable bonds is 2. The van der Waals surface area contributed by atoms with E-state index in [1.807, 2.05) is 13.2 Å². The zero-order valence-electron chi connectivity index (χ0n) is 12.4. The van der Waals surface area contributed by atoms with Gasteiger partial charge in [0.1, 0.15) is 11.6 Å². The van der Waals surface area contributed by atoms with Gasteiger partial charge in [0.2, 0.25) is 0 Å². The van der Waals surface area contributed by atoms with Gasteiger partial charge in [-0.3, -0.25) is 4.68 Å². The molecule has 0 saturated heterocycles. The molecule has 0 bridgehead atoms. The molecule has 0 unspecified atom stereocenters. The minimum absolute atomic E-state index is 0.694. The Labute approximate surface area is 119 Å². The highest BCUT2D eigenvalue weighted by molar-refractivity contribution is 5.82. The van der Waals surface area contributed by atoms with Crippen molar-refractivity contribution in [3.63, 3.8) is 0 Å². The first-order valence-corrected chi connectivity index (χ1v) is 7.10. The van der Waals surface area contributed by atoms with Gasteiger partial charge in [-0.05, 0) is 55.4 Å². The second kappa shape index (κ2) is 4.85. The summed E-state index contributed by atoms with van der Waals surface area (Å²) in [4.78, 5) is 0. The molecule has 4 nitrogen and oxygen atoms in total. The molecule has 2 N–H and O–H groups in total. The lowest BCUT2D eigenvalue weighted by atomic mass is 9.83. The number of aromatic nitrogens is 2. The Balaban J connectivity index is 2.30. The number of nitrogens with zero attached hydrogens (tertiary/aromatic N) is 2. The number of hydrogen-bond acceptors (Lipinski definition) is 3. The SMILES string of the molecule is COc1cc(C)c2c(c1-c1cnn(C)c1N)CCCC2. The summed E-state index contributed by atoms with van der Waals surface area (Å²) in [6.45, 7) is 2.17. The van der Waals surface area contributed by atoms with Gasteiger partial charge < -0.3 is 10.5 Å². The number of benzene rings is 1. The molecule has 0 fully saturated rings. The first-order valence-electron chi connectivity index (χ1n) is 7.10. The molecular formula is C16H21N3O. The molecular weight excluding hydrogens is 250 g/mol. The maximum Gasteiger partial charge on any atom is 0.129 e. The van der Waals surface area contributed by atoms with Gasteiger partial charge in [0.25, 0.3) is 0 Å². The molecule has 0 amide bonds. The third-order valence-corrected chi connectivity index (χ3v) is 4.31. The van der Waals surface area contributed by atoms with Crippen molar-refractivity contribution in [3.8, 4) is 16.9 Å². The van der Waals surface area contributed by atoms with Crippen molar-refractivity contribution < 1.29 is 4.74 Å². The molecule has 0 atom stereocenters. The molecule has 2 aromatic rings. The predicted molar refractivity (Wildman–Crippen MR) is 81.0 cm³/mol. The maximum absolute atomic E-state index is 6.17. The fourth-order valence-corrected chi connectivity index (χ4v) is 3.22. The lowest BCUT2D eigenvalue weighted by Crippen LogP contribution is -2.09. The number of aryl methyl sites for hydroxylation is 2. The van der Waals surface area contributed by atoms with Crippen LogP contribution in [0.2, 0.25) is 0 Å². The normalized spacial score (nSPS) is 14.2. The minimum Gasteiger partial charge on any atom is -0.496 e.